The largest absolute Gasteiger partial charge is 2.00 e. The third-order valence-corrected chi connectivity index (χ3v) is 2.46. The number of rotatable bonds is 4. The smallest absolute Gasteiger partial charge is 0.307 e. The fraction of sp³-hybridized carbons (Fsp3) is 0.375. The van der Waals surface area contributed by atoms with Crippen molar-refractivity contribution in [1.29, 1.82) is 0 Å². The zero-order chi connectivity index (χ0) is 13.4. The van der Waals surface area contributed by atoms with Gasteiger partial charge in [-0.25, -0.2) is 24.3 Å². The van der Waals surface area contributed by atoms with Gasteiger partial charge in [0.1, 0.15) is 0 Å². The second kappa shape index (κ2) is 9.99. The Bertz CT molecular complexity index is 348. The van der Waals surface area contributed by atoms with Gasteiger partial charge >= 0.3 is 17.1 Å². The Balaban J connectivity index is 0.000000324. The Hall–Kier alpha value is -0.861. The summed E-state index contributed by atoms with van der Waals surface area (Å²) in [5.74, 6) is 0. The van der Waals surface area contributed by atoms with Gasteiger partial charge in [0.05, 0.1) is 0 Å². The zero-order valence-electron chi connectivity index (χ0n) is 12.3. The molecule has 0 spiro atoms. The summed E-state index contributed by atoms with van der Waals surface area (Å²) < 4.78 is 0. The van der Waals surface area contributed by atoms with Gasteiger partial charge in [0, 0.05) is 0 Å². The molecule has 0 fully saturated rings. The Morgan fingerprint density at radius 3 is 1.37 bits per heavy atom. The molecule has 0 bridgehead atoms. The van der Waals surface area contributed by atoms with Crippen LogP contribution in [0.1, 0.15) is 11.1 Å². The fourth-order valence-corrected chi connectivity index (χ4v) is 1.77. The molecule has 0 radical (unpaired) electrons. The number of hydrogen-bond acceptors (Lipinski definition) is 2. The van der Waals surface area contributed by atoms with E-state index in [0.717, 1.165) is 13.1 Å². The van der Waals surface area contributed by atoms with E-state index in [1.165, 1.54) is 11.1 Å². The standard InChI is InChI=1S/2C8H12N.Fe/c2*1-9(2)7-8-5-3-4-6-8;/h2*3-6H,7H2,1-2H3;/q2*-1;+2. The van der Waals surface area contributed by atoms with Crippen LogP contribution in [-0.2, 0) is 30.2 Å². The summed E-state index contributed by atoms with van der Waals surface area (Å²) in [5, 5.41) is 0. The maximum absolute atomic E-state index is 2.16. The Labute approximate surface area is 128 Å². The molecule has 0 atom stereocenters. The predicted octanol–water partition coefficient (Wildman–Crippen LogP) is 2.93. The van der Waals surface area contributed by atoms with E-state index >= 15 is 0 Å². The first-order chi connectivity index (χ1) is 8.58. The van der Waals surface area contributed by atoms with Gasteiger partial charge in [-0.15, -0.1) is 0 Å². The molecule has 2 nitrogen and oxygen atoms in total. The van der Waals surface area contributed by atoms with Crippen LogP contribution in [0.2, 0.25) is 0 Å². The molecule has 0 aliphatic rings. The maximum Gasteiger partial charge on any atom is 2.00 e. The third-order valence-electron chi connectivity index (χ3n) is 2.46. The van der Waals surface area contributed by atoms with E-state index in [1.54, 1.807) is 0 Å². The SMILES string of the molecule is CN(C)Cc1ccc[cH-]1.CN(C)Cc1ccc[cH-]1.[Fe+2]. The molecule has 0 saturated heterocycles. The minimum absolute atomic E-state index is 0. The van der Waals surface area contributed by atoms with Crippen molar-refractivity contribution in [1.82, 2.24) is 9.80 Å². The van der Waals surface area contributed by atoms with E-state index in [2.05, 4.69) is 86.5 Å². The molecule has 0 amide bonds. The molecule has 3 heteroatoms. The second-order valence-electron chi connectivity index (χ2n) is 5.06. The van der Waals surface area contributed by atoms with Crippen LogP contribution in [-0.4, -0.2) is 38.0 Å². The molecule has 2 aromatic carbocycles. The van der Waals surface area contributed by atoms with E-state index in [1.807, 2.05) is 0 Å². The quantitative estimate of drug-likeness (QED) is 0.633. The number of hydrogen-bond donors (Lipinski definition) is 0. The molecule has 0 saturated carbocycles. The van der Waals surface area contributed by atoms with Crippen molar-refractivity contribution in [2.45, 2.75) is 13.1 Å². The first-order valence-electron chi connectivity index (χ1n) is 6.28. The topological polar surface area (TPSA) is 6.48 Å². The van der Waals surface area contributed by atoms with Gasteiger partial charge < -0.3 is 9.80 Å². The van der Waals surface area contributed by atoms with Crippen LogP contribution >= 0.6 is 0 Å². The summed E-state index contributed by atoms with van der Waals surface area (Å²) >= 11 is 0. The molecule has 2 aromatic rings. The molecule has 2 rings (SSSR count). The zero-order valence-corrected chi connectivity index (χ0v) is 13.4. The van der Waals surface area contributed by atoms with E-state index in [4.69, 9.17) is 0 Å². The van der Waals surface area contributed by atoms with Gasteiger partial charge in [-0.3, -0.25) is 0 Å². The Kier molecular flexibility index (Phi) is 9.54. The van der Waals surface area contributed by atoms with Gasteiger partial charge in [-0.2, -0.15) is 35.4 Å². The molecule has 0 heterocycles. The maximum atomic E-state index is 2.16. The summed E-state index contributed by atoms with van der Waals surface area (Å²) in [6, 6.07) is 16.8. The molecule has 0 aromatic heterocycles. The summed E-state index contributed by atoms with van der Waals surface area (Å²) in [5.41, 5.74) is 2.78. The van der Waals surface area contributed by atoms with Gasteiger partial charge in [0.25, 0.3) is 0 Å². The van der Waals surface area contributed by atoms with Crippen LogP contribution in [0.25, 0.3) is 0 Å². The Morgan fingerprint density at radius 2 is 1.16 bits per heavy atom. The predicted molar refractivity (Wildman–Crippen MR) is 78.9 cm³/mol. The first kappa shape index (κ1) is 18.1. The molecular weight excluding hydrogens is 276 g/mol. The Morgan fingerprint density at radius 1 is 0.789 bits per heavy atom. The minimum atomic E-state index is 0. The van der Waals surface area contributed by atoms with Crippen molar-refractivity contribution >= 4 is 0 Å². The summed E-state index contributed by atoms with van der Waals surface area (Å²) in [6.07, 6.45) is 0. The molecule has 0 aliphatic carbocycles. The van der Waals surface area contributed by atoms with Crippen LogP contribution in [0.4, 0.5) is 0 Å². The van der Waals surface area contributed by atoms with Crippen molar-refractivity contribution in [3.63, 3.8) is 0 Å². The van der Waals surface area contributed by atoms with E-state index in [-0.39, 0.29) is 17.1 Å². The number of nitrogens with zero attached hydrogens (tertiary/aromatic N) is 2. The fourth-order valence-electron chi connectivity index (χ4n) is 1.77. The third kappa shape index (κ3) is 8.79. The molecular formula is C16H24FeN2. The van der Waals surface area contributed by atoms with Crippen LogP contribution in [0.15, 0.2) is 48.5 Å². The first-order valence-corrected chi connectivity index (χ1v) is 6.28. The van der Waals surface area contributed by atoms with Crippen LogP contribution in [0.3, 0.4) is 0 Å². The monoisotopic (exact) mass is 300 g/mol. The van der Waals surface area contributed by atoms with Crippen LogP contribution < -0.4 is 0 Å². The van der Waals surface area contributed by atoms with Crippen molar-refractivity contribution in [2.24, 2.45) is 0 Å². The summed E-state index contributed by atoms with van der Waals surface area (Å²) in [4.78, 5) is 4.32. The van der Waals surface area contributed by atoms with E-state index in [9.17, 15) is 0 Å². The van der Waals surface area contributed by atoms with Gasteiger partial charge in [0.15, 0.2) is 0 Å². The van der Waals surface area contributed by atoms with Crippen molar-refractivity contribution in [3.8, 4) is 0 Å². The van der Waals surface area contributed by atoms with Crippen molar-refractivity contribution in [2.75, 3.05) is 28.2 Å². The van der Waals surface area contributed by atoms with E-state index in [0.29, 0.717) is 0 Å². The second-order valence-corrected chi connectivity index (χ2v) is 5.06. The normalized spacial score (nSPS) is 10.0. The molecule has 0 N–H and O–H groups in total. The average Bonchev–Trinajstić information content (AvgIpc) is 2.90. The molecule has 19 heavy (non-hydrogen) atoms. The van der Waals surface area contributed by atoms with Gasteiger partial charge in [-0.05, 0) is 41.3 Å². The average molecular weight is 300 g/mol. The molecule has 0 unspecified atom stereocenters. The van der Waals surface area contributed by atoms with Gasteiger partial charge in [0.2, 0.25) is 0 Å². The molecule has 106 valence electrons. The van der Waals surface area contributed by atoms with Crippen molar-refractivity contribution in [3.05, 3.63) is 59.7 Å². The van der Waals surface area contributed by atoms with Crippen LogP contribution in [0.5, 0.6) is 0 Å². The van der Waals surface area contributed by atoms with Gasteiger partial charge in [-0.1, -0.05) is 0 Å². The summed E-state index contributed by atoms with van der Waals surface area (Å²) in [7, 11) is 8.31. The minimum Gasteiger partial charge on any atom is -0.307 e. The van der Waals surface area contributed by atoms with Crippen LogP contribution in [0, 0.1) is 0 Å². The summed E-state index contributed by atoms with van der Waals surface area (Å²) in [6.45, 7) is 2.10. The van der Waals surface area contributed by atoms with Crippen molar-refractivity contribution < 1.29 is 17.1 Å². The molecule has 0 aliphatic heterocycles. The van der Waals surface area contributed by atoms with E-state index < -0.39 is 0 Å².